The molecule has 152 valence electrons. The molecule has 0 aliphatic carbocycles. The first-order chi connectivity index (χ1) is 13.3. The van der Waals surface area contributed by atoms with E-state index in [0.717, 1.165) is 17.0 Å². The minimum absolute atomic E-state index is 0.0496. The number of carbonyl (C=O) groups is 1. The second-order valence-electron chi connectivity index (χ2n) is 7.40. The van der Waals surface area contributed by atoms with Gasteiger partial charge >= 0.3 is 0 Å². The maximum absolute atomic E-state index is 13.1. The number of piperidine rings is 1. The lowest BCUT2D eigenvalue weighted by molar-refractivity contribution is -0.127. The van der Waals surface area contributed by atoms with Crippen molar-refractivity contribution in [3.05, 3.63) is 52.5 Å². The van der Waals surface area contributed by atoms with Crippen LogP contribution in [0.4, 0.5) is 4.39 Å². The number of nitrogens with one attached hydrogen (secondary N) is 1. The lowest BCUT2D eigenvalue weighted by Gasteiger charge is -2.32. The van der Waals surface area contributed by atoms with E-state index in [4.69, 9.17) is 0 Å². The van der Waals surface area contributed by atoms with Gasteiger partial charge in [0.15, 0.2) is 0 Å². The lowest BCUT2D eigenvalue weighted by atomic mass is 9.96. The average Bonchev–Trinajstić information content (AvgIpc) is 3.20. The molecule has 0 bridgehead atoms. The highest BCUT2D eigenvalue weighted by atomic mass is 32.2. The van der Waals surface area contributed by atoms with Gasteiger partial charge in [-0.15, -0.1) is 11.3 Å². The molecular formula is C20H25FN2O3S2. The van der Waals surface area contributed by atoms with Crippen molar-refractivity contribution < 1.29 is 17.6 Å². The van der Waals surface area contributed by atoms with Crippen molar-refractivity contribution in [3.8, 4) is 0 Å². The Morgan fingerprint density at radius 1 is 1.25 bits per heavy atom. The van der Waals surface area contributed by atoms with E-state index in [-0.39, 0.29) is 29.3 Å². The lowest BCUT2D eigenvalue weighted by Crippen LogP contribution is -2.46. The van der Waals surface area contributed by atoms with E-state index in [9.17, 15) is 17.6 Å². The van der Waals surface area contributed by atoms with Gasteiger partial charge in [-0.1, -0.05) is 19.9 Å². The maximum atomic E-state index is 13.1. The fourth-order valence-corrected chi connectivity index (χ4v) is 5.91. The van der Waals surface area contributed by atoms with Crippen molar-refractivity contribution in [1.29, 1.82) is 0 Å². The summed E-state index contributed by atoms with van der Waals surface area (Å²) >= 11 is 1.60. The number of halogens is 1. The number of hydrogen-bond acceptors (Lipinski definition) is 4. The zero-order valence-corrected chi connectivity index (χ0v) is 17.6. The molecule has 3 rings (SSSR count). The van der Waals surface area contributed by atoms with E-state index >= 15 is 0 Å². The molecular weight excluding hydrogens is 399 g/mol. The number of benzene rings is 1. The summed E-state index contributed by atoms with van der Waals surface area (Å²) in [5.74, 6) is -0.773. The number of nitrogens with zero attached hydrogens (tertiary/aromatic N) is 1. The van der Waals surface area contributed by atoms with Crippen LogP contribution in [0.5, 0.6) is 0 Å². The molecule has 1 saturated heterocycles. The van der Waals surface area contributed by atoms with Crippen molar-refractivity contribution >= 4 is 27.3 Å². The Balaban J connectivity index is 1.72. The molecule has 2 atom stereocenters. The Morgan fingerprint density at radius 2 is 1.96 bits per heavy atom. The van der Waals surface area contributed by atoms with Gasteiger partial charge in [0.2, 0.25) is 15.9 Å². The van der Waals surface area contributed by atoms with Gasteiger partial charge < -0.3 is 5.32 Å². The van der Waals surface area contributed by atoms with Crippen LogP contribution in [0.3, 0.4) is 0 Å². The van der Waals surface area contributed by atoms with Crippen molar-refractivity contribution in [3.63, 3.8) is 0 Å². The van der Waals surface area contributed by atoms with Gasteiger partial charge in [0.1, 0.15) is 5.82 Å². The fourth-order valence-electron chi connectivity index (χ4n) is 3.44. The summed E-state index contributed by atoms with van der Waals surface area (Å²) in [5.41, 5.74) is 0. The Labute approximate surface area is 169 Å². The van der Waals surface area contributed by atoms with E-state index in [1.54, 1.807) is 11.3 Å². The van der Waals surface area contributed by atoms with Gasteiger partial charge in [-0.2, -0.15) is 4.31 Å². The van der Waals surface area contributed by atoms with Crippen LogP contribution < -0.4 is 5.32 Å². The third-order valence-electron chi connectivity index (χ3n) is 5.02. The van der Waals surface area contributed by atoms with Crippen molar-refractivity contribution in [2.24, 2.45) is 11.8 Å². The SMILES string of the molecule is CC(C)[C@H](NC(=O)[C@H]1CCCN(S(=O)(=O)c2ccc(F)cc2)C1)c1cccs1. The largest absolute Gasteiger partial charge is 0.348 e. The Bertz CT molecular complexity index is 896. The summed E-state index contributed by atoms with van der Waals surface area (Å²) in [5, 5.41) is 5.09. The van der Waals surface area contributed by atoms with Crippen LogP contribution in [-0.2, 0) is 14.8 Å². The summed E-state index contributed by atoms with van der Waals surface area (Å²) in [6.45, 7) is 4.61. The summed E-state index contributed by atoms with van der Waals surface area (Å²) in [6.07, 6.45) is 1.26. The molecule has 1 aromatic heterocycles. The third kappa shape index (κ3) is 4.61. The van der Waals surface area contributed by atoms with Gasteiger partial charge in [-0.05, 0) is 54.5 Å². The second-order valence-corrected chi connectivity index (χ2v) is 10.3. The normalized spacial score (nSPS) is 19.5. The molecule has 1 aromatic carbocycles. The molecule has 5 nitrogen and oxygen atoms in total. The van der Waals surface area contributed by atoms with Gasteiger partial charge in [-0.3, -0.25) is 4.79 Å². The Hall–Kier alpha value is -1.77. The number of rotatable bonds is 6. The number of sulfonamides is 1. The summed E-state index contributed by atoms with van der Waals surface area (Å²) < 4.78 is 40.2. The van der Waals surface area contributed by atoms with E-state index in [0.29, 0.717) is 19.4 Å². The van der Waals surface area contributed by atoms with Crippen LogP contribution in [0.1, 0.15) is 37.6 Å². The first-order valence-electron chi connectivity index (χ1n) is 9.38. The molecule has 1 aliphatic rings. The quantitative estimate of drug-likeness (QED) is 0.767. The van der Waals surface area contributed by atoms with Gasteiger partial charge in [-0.25, -0.2) is 12.8 Å². The van der Waals surface area contributed by atoms with Crippen LogP contribution in [0.2, 0.25) is 0 Å². The second kappa shape index (κ2) is 8.71. The van der Waals surface area contributed by atoms with Crippen LogP contribution >= 0.6 is 11.3 Å². The van der Waals surface area contributed by atoms with Crippen LogP contribution in [0, 0.1) is 17.7 Å². The van der Waals surface area contributed by atoms with E-state index in [1.807, 2.05) is 17.5 Å². The van der Waals surface area contributed by atoms with Crippen LogP contribution in [-0.4, -0.2) is 31.7 Å². The highest BCUT2D eigenvalue weighted by molar-refractivity contribution is 7.89. The molecule has 8 heteroatoms. The van der Waals surface area contributed by atoms with Gasteiger partial charge in [0.25, 0.3) is 0 Å². The summed E-state index contributed by atoms with van der Waals surface area (Å²) in [4.78, 5) is 14.0. The predicted molar refractivity (Wildman–Crippen MR) is 108 cm³/mol. The molecule has 1 aliphatic heterocycles. The smallest absolute Gasteiger partial charge is 0.243 e. The highest BCUT2D eigenvalue weighted by Gasteiger charge is 2.34. The maximum Gasteiger partial charge on any atom is 0.243 e. The minimum Gasteiger partial charge on any atom is -0.348 e. The molecule has 2 aromatic rings. The van der Waals surface area contributed by atoms with Crippen LogP contribution in [0.25, 0.3) is 0 Å². The van der Waals surface area contributed by atoms with Crippen LogP contribution in [0.15, 0.2) is 46.7 Å². The Kier molecular flexibility index (Phi) is 6.52. The number of hydrogen-bond donors (Lipinski definition) is 1. The number of amides is 1. The van der Waals surface area contributed by atoms with Gasteiger partial charge in [0.05, 0.1) is 16.9 Å². The van der Waals surface area contributed by atoms with Crippen molar-refractivity contribution in [2.75, 3.05) is 13.1 Å². The Morgan fingerprint density at radius 3 is 2.57 bits per heavy atom. The topological polar surface area (TPSA) is 66.5 Å². The molecule has 1 N–H and O–H groups in total. The zero-order valence-electron chi connectivity index (χ0n) is 16.0. The molecule has 2 heterocycles. The zero-order chi connectivity index (χ0) is 20.3. The first-order valence-corrected chi connectivity index (χ1v) is 11.7. The summed E-state index contributed by atoms with van der Waals surface area (Å²) in [6, 6.07) is 8.67. The standard InChI is InChI=1S/C20H25FN2O3S2/c1-14(2)19(18-6-4-12-27-18)22-20(24)15-5-3-11-23(13-15)28(25,26)17-9-7-16(21)8-10-17/h4,6-10,12,14-15,19H,3,5,11,13H2,1-2H3,(H,22,24)/t15-,19-/m0/s1. The van der Waals surface area contributed by atoms with E-state index in [2.05, 4.69) is 19.2 Å². The fraction of sp³-hybridized carbons (Fsp3) is 0.450. The van der Waals surface area contributed by atoms with E-state index < -0.39 is 21.8 Å². The third-order valence-corrected chi connectivity index (χ3v) is 7.86. The molecule has 0 saturated carbocycles. The molecule has 0 unspecified atom stereocenters. The molecule has 28 heavy (non-hydrogen) atoms. The van der Waals surface area contributed by atoms with E-state index in [1.165, 1.54) is 16.4 Å². The first kappa shape index (κ1) is 21.0. The highest BCUT2D eigenvalue weighted by Crippen LogP contribution is 2.28. The molecule has 1 fully saturated rings. The minimum atomic E-state index is -3.74. The number of thiophene rings is 1. The molecule has 0 spiro atoms. The predicted octanol–water partition coefficient (Wildman–Crippen LogP) is 3.80. The van der Waals surface area contributed by atoms with Gasteiger partial charge in [0, 0.05) is 18.0 Å². The molecule has 0 radical (unpaired) electrons. The monoisotopic (exact) mass is 424 g/mol. The molecule has 1 amide bonds. The summed E-state index contributed by atoms with van der Waals surface area (Å²) in [7, 11) is -3.74. The number of carbonyl (C=O) groups excluding carboxylic acids is 1. The van der Waals surface area contributed by atoms with Crippen molar-refractivity contribution in [2.45, 2.75) is 37.6 Å². The van der Waals surface area contributed by atoms with Crippen molar-refractivity contribution in [1.82, 2.24) is 9.62 Å². The average molecular weight is 425 g/mol.